The van der Waals surface area contributed by atoms with Crippen molar-refractivity contribution >= 4 is 11.8 Å². The van der Waals surface area contributed by atoms with Gasteiger partial charge in [0.25, 0.3) is 0 Å². The molecule has 29 heavy (non-hydrogen) atoms. The summed E-state index contributed by atoms with van der Waals surface area (Å²) in [5, 5.41) is 0. The number of carbonyl (C=O) groups excluding carboxylic acids is 2. The molecule has 0 saturated heterocycles. The lowest BCUT2D eigenvalue weighted by Crippen LogP contribution is -2.53. The highest BCUT2D eigenvalue weighted by Crippen LogP contribution is 2.58. The SMILES string of the molecule is CC.CC.CC.Cc1ccccc1C(=O)OC1=CC(=O)C(C)(C)C(C)(C)C1(C)C. The number of esters is 1. The molecule has 0 fully saturated rings. The van der Waals surface area contributed by atoms with Crippen LogP contribution in [0.3, 0.4) is 0 Å². The Morgan fingerprint density at radius 2 is 1.24 bits per heavy atom. The van der Waals surface area contributed by atoms with Crippen LogP contribution in [0, 0.1) is 23.2 Å². The van der Waals surface area contributed by atoms with E-state index in [-0.39, 0.29) is 11.2 Å². The Labute approximate surface area is 179 Å². The van der Waals surface area contributed by atoms with Gasteiger partial charge in [0.15, 0.2) is 5.78 Å². The molecule has 1 aromatic carbocycles. The Hall–Kier alpha value is -1.90. The smallest absolute Gasteiger partial charge is 0.343 e. The first-order valence-corrected chi connectivity index (χ1v) is 11.0. The van der Waals surface area contributed by atoms with Crippen molar-refractivity contribution in [2.45, 2.75) is 90.0 Å². The van der Waals surface area contributed by atoms with Crippen molar-refractivity contribution in [3.05, 3.63) is 47.2 Å². The lowest BCUT2D eigenvalue weighted by Gasteiger charge is -2.53. The molecular formula is C26H44O3. The zero-order chi connectivity index (χ0) is 23.6. The molecule has 3 heteroatoms. The van der Waals surface area contributed by atoms with Crippen LogP contribution in [0.1, 0.15) is 99.0 Å². The Kier molecular flexibility index (Phi) is 12.1. The van der Waals surface area contributed by atoms with Crippen LogP contribution < -0.4 is 0 Å². The van der Waals surface area contributed by atoms with Crippen LogP contribution in [0.2, 0.25) is 0 Å². The summed E-state index contributed by atoms with van der Waals surface area (Å²) in [5.74, 6) is 0.0280. The van der Waals surface area contributed by atoms with Crippen LogP contribution >= 0.6 is 0 Å². The molecule has 0 aliphatic heterocycles. The molecule has 0 atom stereocenters. The van der Waals surface area contributed by atoms with E-state index < -0.39 is 16.8 Å². The average molecular weight is 405 g/mol. The minimum atomic E-state index is -0.519. The summed E-state index contributed by atoms with van der Waals surface area (Å²) in [5.41, 5.74) is 0.0716. The number of ketones is 1. The van der Waals surface area contributed by atoms with E-state index in [0.29, 0.717) is 11.3 Å². The highest BCUT2D eigenvalue weighted by atomic mass is 16.5. The van der Waals surface area contributed by atoms with E-state index >= 15 is 0 Å². The van der Waals surface area contributed by atoms with E-state index in [1.165, 1.54) is 6.08 Å². The van der Waals surface area contributed by atoms with Gasteiger partial charge in [-0.1, -0.05) is 101 Å². The highest BCUT2D eigenvalue weighted by molar-refractivity contribution is 5.98. The first kappa shape index (κ1) is 29.3. The van der Waals surface area contributed by atoms with Crippen molar-refractivity contribution in [1.29, 1.82) is 0 Å². The van der Waals surface area contributed by atoms with Crippen LogP contribution in [0.25, 0.3) is 0 Å². The first-order chi connectivity index (χ1) is 13.4. The Bertz CT molecular complexity index is 692. The summed E-state index contributed by atoms with van der Waals surface area (Å²) in [6.45, 7) is 25.9. The largest absolute Gasteiger partial charge is 0.427 e. The zero-order valence-corrected chi connectivity index (χ0v) is 21.1. The van der Waals surface area contributed by atoms with Crippen LogP contribution in [0.5, 0.6) is 0 Å². The Morgan fingerprint density at radius 3 is 1.69 bits per heavy atom. The number of ether oxygens (including phenoxy) is 1. The molecule has 0 radical (unpaired) electrons. The van der Waals surface area contributed by atoms with Crippen LogP contribution in [-0.4, -0.2) is 11.8 Å². The van der Waals surface area contributed by atoms with Gasteiger partial charge in [-0.3, -0.25) is 4.79 Å². The fourth-order valence-corrected chi connectivity index (χ4v) is 2.99. The summed E-state index contributed by atoms with van der Waals surface area (Å²) in [4.78, 5) is 25.1. The number of aryl methyl sites for hydroxylation is 1. The number of benzene rings is 1. The van der Waals surface area contributed by atoms with E-state index in [1.54, 1.807) is 6.07 Å². The van der Waals surface area contributed by atoms with Gasteiger partial charge in [-0.2, -0.15) is 0 Å². The van der Waals surface area contributed by atoms with Gasteiger partial charge in [0.1, 0.15) is 5.76 Å². The summed E-state index contributed by atoms with van der Waals surface area (Å²) < 4.78 is 5.67. The summed E-state index contributed by atoms with van der Waals surface area (Å²) in [6.07, 6.45) is 1.50. The summed E-state index contributed by atoms with van der Waals surface area (Å²) in [6, 6.07) is 7.30. The maximum atomic E-state index is 12.5. The molecule has 0 aromatic heterocycles. The fourth-order valence-electron chi connectivity index (χ4n) is 2.99. The summed E-state index contributed by atoms with van der Waals surface area (Å²) in [7, 11) is 0. The Morgan fingerprint density at radius 1 is 0.793 bits per heavy atom. The molecule has 166 valence electrons. The van der Waals surface area contributed by atoms with E-state index in [1.807, 2.05) is 94.4 Å². The third-order valence-electron chi connectivity index (χ3n) is 6.19. The van der Waals surface area contributed by atoms with Crippen LogP contribution in [-0.2, 0) is 9.53 Å². The predicted molar refractivity (Wildman–Crippen MR) is 125 cm³/mol. The molecule has 0 saturated carbocycles. The second kappa shape index (κ2) is 11.9. The van der Waals surface area contributed by atoms with Crippen molar-refractivity contribution in [2.24, 2.45) is 16.2 Å². The van der Waals surface area contributed by atoms with Crippen molar-refractivity contribution in [1.82, 2.24) is 0 Å². The maximum absolute atomic E-state index is 12.5. The molecule has 1 aliphatic rings. The second-order valence-corrected chi connectivity index (χ2v) is 7.95. The van der Waals surface area contributed by atoms with E-state index in [0.717, 1.165) is 5.56 Å². The monoisotopic (exact) mass is 404 g/mol. The second-order valence-electron chi connectivity index (χ2n) is 7.95. The molecule has 0 bridgehead atoms. The molecule has 0 amide bonds. The van der Waals surface area contributed by atoms with Gasteiger partial charge < -0.3 is 4.74 Å². The van der Waals surface area contributed by atoms with E-state index in [2.05, 4.69) is 13.8 Å². The highest BCUT2D eigenvalue weighted by Gasteiger charge is 2.57. The van der Waals surface area contributed by atoms with Gasteiger partial charge in [-0.25, -0.2) is 4.79 Å². The maximum Gasteiger partial charge on any atom is 0.343 e. The van der Waals surface area contributed by atoms with Crippen molar-refractivity contribution in [2.75, 3.05) is 0 Å². The minimum absolute atomic E-state index is 0.00518. The van der Waals surface area contributed by atoms with Gasteiger partial charge in [-0.05, 0) is 24.0 Å². The molecule has 3 nitrogen and oxygen atoms in total. The lowest BCUT2D eigenvalue weighted by molar-refractivity contribution is -0.137. The van der Waals surface area contributed by atoms with Gasteiger partial charge in [0.05, 0.1) is 5.56 Å². The fraction of sp³-hybridized carbons (Fsp3) is 0.615. The number of hydrogen-bond donors (Lipinski definition) is 0. The van der Waals surface area contributed by atoms with Gasteiger partial charge in [0.2, 0.25) is 0 Å². The van der Waals surface area contributed by atoms with Gasteiger partial charge >= 0.3 is 5.97 Å². The third-order valence-corrected chi connectivity index (χ3v) is 6.19. The van der Waals surface area contributed by atoms with Crippen LogP contribution in [0.15, 0.2) is 36.1 Å². The summed E-state index contributed by atoms with van der Waals surface area (Å²) >= 11 is 0. The van der Waals surface area contributed by atoms with Gasteiger partial charge in [0, 0.05) is 16.9 Å². The standard InChI is InChI=1S/C20H26O3.3C2H6/c1-13-10-8-9-11-14(13)17(22)23-16-12-15(21)18(2,3)20(6,7)19(16,4)5;3*1-2/h8-12H,1-7H3;3*1-2H3. The number of allylic oxidation sites excluding steroid dienone is 2. The average Bonchev–Trinajstić information content (AvgIpc) is 2.71. The number of hydrogen-bond acceptors (Lipinski definition) is 3. The molecule has 1 aliphatic carbocycles. The number of carbonyl (C=O) groups is 2. The van der Waals surface area contributed by atoms with Crippen molar-refractivity contribution in [3.8, 4) is 0 Å². The number of rotatable bonds is 2. The molecule has 0 spiro atoms. The molecule has 0 heterocycles. The van der Waals surface area contributed by atoms with Crippen LogP contribution in [0.4, 0.5) is 0 Å². The first-order valence-electron chi connectivity index (χ1n) is 11.0. The molecule has 0 N–H and O–H groups in total. The van der Waals surface area contributed by atoms with Crippen molar-refractivity contribution in [3.63, 3.8) is 0 Å². The van der Waals surface area contributed by atoms with E-state index in [4.69, 9.17) is 4.74 Å². The lowest BCUT2D eigenvalue weighted by atomic mass is 9.50. The topological polar surface area (TPSA) is 43.4 Å². The zero-order valence-electron chi connectivity index (χ0n) is 21.1. The molecule has 0 unspecified atom stereocenters. The predicted octanol–water partition coefficient (Wildman–Crippen LogP) is 7.78. The molecule has 2 rings (SSSR count). The quantitative estimate of drug-likeness (QED) is 0.473. The molecular weight excluding hydrogens is 360 g/mol. The molecule has 1 aromatic rings. The third kappa shape index (κ3) is 5.81. The van der Waals surface area contributed by atoms with E-state index in [9.17, 15) is 9.59 Å². The van der Waals surface area contributed by atoms with Gasteiger partial charge in [-0.15, -0.1) is 0 Å². The van der Waals surface area contributed by atoms with Crippen molar-refractivity contribution < 1.29 is 14.3 Å². The Balaban J connectivity index is 0. The normalized spacial score (nSPS) is 17.7. The minimum Gasteiger partial charge on any atom is -0.427 e.